The zero-order chi connectivity index (χ0) is 21.2. The number of aliphatic imine (C=N–C) groups is 1. The van der Waals surface area contributed by atoms with Crippen molar-refractivity contribution in [3.8, 4) is 11.5 Å². The van der Waals surface area contributed by atoms with Crippen LogP contribution >= 0.6 is 11.3 Å². The number of nitrogens with one attached hydrogen (secondary N) is 2. The predicted molar refractivity (Wildman–Crippen MR) is 123 cm³/mol. The molecule has 0 amide bonds. The summed E-state index contributed by atoms with van der Waals surface area (Å²) in [5, 5.41) is 19.4. The molecule has 1 saturated heterocycles. The molecule has 7 nitrogen and oxygen atoms in total. The zero-order valence-corrected chi connectivity index (χ0v) is 18.6. The molecule has 0 spiro atoms. The quantitative estimate of drug-likeness (QED) is 0.418. The fourth-order valence-electron chi connectivity index (χ4n) is 3.46. The first-order chi connectivity index (χ1) is 14.7. The molecular formula is C22H32N4O3S. The molecule has 0 bridgehead atoms. The zero-order valence-electron chi connectivity index (χ0n) is 17.8. The Hall–Kier alpha value is -2.45. The molecule has 0 unspecified atom stereocenters. The number of methoxy groups -OCH3 is 1. The third-order valence-corrected chi connectivity index (χ3v) is 5.92. The summed E-state index contributed by atoms with van der Waals surface area (Å²) in [5.41, 5.74) is 1.04. The lowest BCUT2D eigenvalue weighted by molar-refractivity contribution is 0.196. The van der Waals surface area contributed by atoms with Gasteiger partial charge in [0.25, 0.3) is 0 Å². The van der Waals surface area contributed by atoms with Gasteiger partial charge < -0.3 is 30.1 Å². The SMILES string of the molecule is CCNC(=NCc1ccc(OCCO)c(OC)c1)NC1CCN(c2cccs2)CC1. The highest BCUT2D eigenvalue weighted by atomic mass is 32.1. The van der Waals surface area contributed by atoms with Gasteiger partial charge in [0.15, 0.2) is 17.5 Å². The molecule has 164 valence electrons. The number of hydrogen-bond acceptors (Lipinski definition) is 6. The van der Waals surface area contributed by atoms with Crippen LogP contribution in [-0.2, 0) is 6.54 Å². The molecule has 0 radical (unpaired) electrons. The molecule has 0 saturated carbocycles. The van der Waals surface area contributed by atoms with Crippen LogP contribution < -0.4 is 25.0 Å². The Morgan fingerprint density at radius 2 is 2.10 bits per heavy atom. The third-order valence-electron chi connectivity index (χ3n) is 4.99. The number of ether oxygens (including phenoxy) is 2. The van der Waals surface area contributed by atoms with Gasteiger partial charge in [-0.1, -0.05) is 6.07 Å². The normalized spacial score (nSPS) is 15.2. The number of aliphatic hydroxyl groups is 1. The van der Waals surface area contributed by atoms with E-state index < -0.39 is 0 Å². The van der Waals surface area contributed by atoms with Crippen molar-refractivity contribution in [1.82, 2.24) is 10.6 Å². The second-order valence-electron chi connectivity index (χ2n) is 7.11. The van der Waals surface area contributed by atoms with Crippen LogP contribution in [0.3, 0.4) is 0 Å². The second-order valence-corrected chi connectivity index (χ2v) is 8.04. The lowest BCUT2D eigenvalue weighted by atomic mass is 10.1. The Labute approximate surface area is 182 Å². The molecule has 2 aromatic rings. The summed E-state index contributed by atoms with van der Waals surface area (Å²) in [4.78, 5) is 7.22. The van der Waals surface area contributed by atoms with E-state index >= 15 is 0 Å². The Morgan fingerprint density at radius 1 is 1.27 bits per heavy atom. The molecule has 30 heavy (non-hydrogen) atoms. The van der Waals surface area contributed by atoms with E-state index in [4.69, 9.17) is 19.6 Å². The molecule has 1 aliphatic rings. The minimum Gasteiger partial charge on any atom is -0.493 e. The third kappa shape index (κ3) is 6.27. The molecule has 1 aromatic carbocycles. The Bertz CT molecular complexity index is 790. The predicted octanol–water partition coefficient (Wildman–Crippen LogP) is 2.85. The summed E-state index contributed by atoms with van der Waals surface area (Å²) in [6.07, 6.45) is 2.18. The average Bonchev–Trinajstić information content (AvgIpc) is 3.32. The molecule has 0 aliphatic carbocycles. The maximum absolute atomic E-state index is 8.94. The maximum atomic E-state index is 8.94. The number of anilines is 1. The van der Waals surface area contributed by atoms with E-state index in [1.54, 1.807) is 18.4 Å². The summed E-state index contributed by atoms with van der Waals surface area (Å²) in [5.74, 6) is 2.11. The van der Waals surface area contributed by atoms with Crippen molar-refractivity contribution in [2.45, 2.75) is 32.4 Å². The number of hydrogen-bond donors (Lipinski definition) is 3. The van der Waals surface area contributed by atoms with E-state index in [1.807, 2.05) is 18.2 Å². The monoisotopic (exact) mass is 432 g/mol. The lowest BCUT2D eigenvalue weighted by Crippen LogP contribution is -2.48. The van der Waals surface area contributed by atoms with Crippen LogP contribution in [0.2, 0.25) is 0 Å². The Kier molecular flexibility index (Phi) is 8.65. The van der Waals surface area contributed by atoms with Crippen molar-refractivity contribution in [2.75, 3.05) is 44.9 Å². The van der Waals surface area contributed by atoms with Gasteiger partial charge in [0.05, 0.1) is 25.3 Å². The van der Waals surface area contributed by atoms with E-state index in [0.717, 1.165) is 44.0 Å². The van der Waals surface area contributed by atoms with Crippen molar-refractivity contribution in [2.24, 2.45) is 4.99 Å². The van der Waals surface area contributed by atoms with E-state index in [1.165, 1.54) is 5.00 Å². The first-order valence-corrected chi connectivity index (χ1v) is 11.3. The van der Waals surface area contributed by atoms with Crippen molar-refractivity contribution in [3.05, 3.63) is 41.3 Å². The van der Waals surface area contributed by atoms with E-state index in [2.05, 4.69) is 40.0 Å². The van der Waals surface area contributed by atoms with Gasteiger partial charge in [-0.25, -0.2) is 4.99 Å². The molecule has 2 heterocycles. The topological polar surface area (TPSA) is 78.4 Å². The molecule has 8 heteroatoms. The van der Waals surface area contributed by atoms with Crippen LogP contribution in [0.4, 0.5) is 5.00 Å². The van der Waals surface area contributed by atoms with E-state index in [0.29, 0.717) is 24.1 Å². The highest BCUT2D eigenvalue weighted by Gasteiger charge is 2.20. The van der Waals surface area contributed by atoms with Crippen LogP contribution in [0.1, 0.15) is 25.3 Å². The lowest BCUT2D eigenvalue weighted by Gasteiger charge is -2.33. The van der Waals surface area contributed by atoms with Crippen LogP contribution in [0, 0.1) is 0 Å². The highest BCUT2D eigenvalue weighted by Crippen LogP contribution is 2.28. The standard InChI is InChI=1S/C22H32N4O3S/c1-3-23-22(25-18-8-10-26(11-9-18)21-5-4-14-30-21)24-16-17-6-7-19(29-13-12-27)20(15-17)28-2/h4-7,14-15,18,27H,3,8-13,16H2,1-2H3,(H2,23,24,25). The van der Waals surface area contributed by atoms with Gasteiger partial charge in [0.2, 0.25) is 0 Å². The van der Waals surface area contributed by atoms with Crippen molar-refractivity contribution < 1.29 is 14.6 Å². The Morgan fingerprint density at radius 3 is 2.77 bits per heavy atom. The molecule has 0 atom stereocenters. The van der Waals surface area contributed by atoms with Gasteiger partial charge in [-0.3, -0.25) is 0 Å². The first kappa shape index (κ1) is 22.2. The molecular weight excluding hydrogens is 400 g/mol. The van der Waals surface area contributed by atoms with Gasteiger partial charge in [-0.05, 0) is 55.0 Å². The summed E-state index contributed by atoms with van der Waals surface area (Å²) in [7, 11) is 1.61. The summed E-state index contributed by atoms with van der Waals surface area (Å²) in [6, 6.07) is 10.5. The number of thiophene rings is 1. The molecule has 3 rings (SSSR count). The van der Waals surface area contributed by atoms with Crippen LogP contribution in [0.15, 0.2) is 40.7 Å². The number of rotatable bonds is 9. The van der Waals surface area contributed by atoms with Crippen molar-refractivity contribution >= 4 is 22.3 Å². The first-order valence-electron chi connectivity index (χ1n) is 10.5. The molecule has 1 aromatic heterocycles. The van der Waals surface area contributed by atoms with Gasteiger partial charge >= 0.3 is 0 Å². The van der Waals surface area contributed by atoms with Gasteiger partial charge in [0, 0.05) is 25.7 Å². The number of piperidine rings is 1. The van der Waals surface area contributed by atoms with Crippen LogP contribution in [0.25, 0.3) is 0 Å². The molecule has 3 N–H and O–H groups in total. The van der Waals surface area contributed by atoms with E-state index in [9.17, 15) is 0 Å². The largest absolute Gasteiger partial charge is 0.493 e. The van der Waals surface area contributed by atoms with Crippen molar-refractivity contribution in [1.29, 1.82) is 0 Å². The van der Waals surface area contributed by atoms with Crippen LogP contribution in [-0.4, -0.2) is 57.1 Å². The molecule has 1 fully saturated rings. The number of nitrogens with zero attached hydrogens (tertiary/aromatic N) is 2. The minimum atomic E-state index is -0.0286. The van der Waals surface area contributed by atoms with Gasteiger partial charge in [-0.2, -0.15) is 0 Å². The second kappa shape index (κ2) is 11.7. The minimum absolute atomic E-state index is 0.0286. The number of benzene rings is 1. The van der Waals surface area contributed by atoms with Gasteiger partial charge in [-0.15, -0.1) is 11.3 Å². The van der Waals surface area contributed by atoms with Gasteiger partial charge in [0.1, 0.15) is 6.61 Å². The number of aliphatic hydroxyl groups excluding tert-OH is 1. The summed E-state index contributed by atoms with van der Waals surface area (Å²) < 4.78 is 10.9. The maximum Gasteiger partial charge on any atom is 0.191 e. The smallest absolute Gasteiger partial charge is 0.191 e. The Balaban J connectivity index is 1.57. The highest BCUT2D eigenvalue weighted by molar-refractivity contribution is 7.14. The fourth-order valence-corrected chi connectivity index (χ4v) is 4.25. The summed E-state index contributed by atoms with van der Waals surface area (Å²) >= 11 is 1.80. The van der Waals surface area contributed by atoms with Crippen molar-refractivity contribution in [3.63, 3.8) is 0 Å². The molecule has 1 aliphatic heterocycles. The fraction of sp³-hybridized carbons (Fsp3) is 0.500. The summed E-state index contributed by atoms with van der Waals surface area (Å²) in [6.45, 7) is 5.77. The number of guanidine groups is 1. The average molecular weight is 433 g/mol. The van der Waals surface area contributed by atoms with Crippen LogP contribution in [0.5, 0.6) is 11.5 Å². The van der Waals surface area contributed by atoms with E-state index in [-0.39, 0.29) is 13.2 Å².